The number of halogens is 3. The second kappa shape index (κ2) is 11.0. The van der Waals surface area contributed by atoms with Crippen LogP contribution in [0, 0.1) is 11.3 Å². The van der Waals surface area contributed by atoms with Gasteiger partial charge in [-0.1, -0.05) is 59.1 Å². The maximum atomic E-state index is 13.4. The highest BCUT2D eigenvalue weighted by atomic mass is 35.5. The van der Waals surface area contributed by atoms with Gasteiger partial charge in [-0.05, 0) is 53.1 Å². The molecule has 0 bridgehead atoms. The van der Waals surface area contributed by atoms with Crippen LogP contribution in [0.4, 0.5) is 4.79 Å². The third-order valence-corrected chi connectivity index (χ3v) is 7.35. The minimum atomic E-state index is -0.230. The van der Waals surface area contributed by atoms with Crippen molar-refractivity contribution in [2.24, 2.45) is 0 Å². The Bertz CT molecular complexity index is 1550. The zero-order valence-corrected chi connectivity index (χ0v) is 22.0. The maximum Gasteiger partial charge on any atom is 0.326 e. The SMILES string of the molecule is N#Cc1ccc(C=CCN2CCc3c(c4cc(Cl)c(Cl)cc4n3C(=O)NCc3ccnc(Cl)c3)C2)cc1. The summed E-state index contributed by atoms with van der Waals surface area (Å²) < 4.78 is 1.72. The van der Waals surface area contributed by atoms with E-state index in [2.05, 4.69) is 33.4 Å². The van der Waals surface area contributed by atoms with Crippen molar-refractivity contribution in [1.82, 2.24) is 19.8 Å². The van der Waals surface area contributed by atoms with Gasteiger partial charge in [0.2, 0.25) is 0 Å². The molecule has 2 aromatic carbocycles. The Hall–Kier alpha value is -3.34. The molecule has 0 spiro atoms. The summed E-state index contributed by atoms with van der Waals surface area (Å²) in [5.41, 5.74) is 5.32. The molecular weight excluding hydrogens is 529 g/mol. The number of nitrogens with one attached hydrogen (secondary N) is 1. The molecule has 6 nitrogen and oxygen atoms in total. The number of carbonyl (C=O) groups excluding carboxylic acids is 1. The molecule has 1 amide bonds. The fourth-order valence-electron chi connectivity index (χ4n) is 4.61. The molecule has 0 atom stereocenters. The first-order valence-electron chi connectivity index (χ1n) is 11.7. The standard InChI is InChI=1S/C28H22Cl3N5O/c29-23-13-21-22-17-35(10-1-2-18-3-5-19(15-32)6-4-18)11-8-25(22)36(26(21)14-24(23)30)28(37)34-16-20-7-9-33-27(31)12-20/h1-7,9,12-14H,8,10-11,16-17H2,(H,34,37). The van der Waals surface area contributed by atoms with Crippen LogP contribution in [0.15, 0.2) is 60.8 Å². The van der Waals surface area contributed by atoms with E-state index >= 15 is 0 Å². The van der Waals surface area contributed by atoms with Gasteiger partial charge in [-0.15, -0.1) is 0 Å². The maximum absolute atomic E-state index is 13.4. The average Bonchev–Trinajstić information content (AvgIpc) is 3.20. The average molecular weight is 551 g/mol. The zero-order chi connectivity index (χ0) is 25.9. The van der Waals surface area contributed by atoms with Crippen LogP contribution in [0.1, 0.15) is 27.9 Å². The van der Waals surface area contributed by atoms with Crippen molar-refractivity contribution in [1.29, 1.82) is 5.26 Å². The molecule has 0 saturated carbocycles. The van der Waals surface area contributed by atoms with Crippen LogP contribution >= 0.6 is 34.8 Å². The van der Waals surface area contributed by atoms with Crippen molar-refractivity contribution >= 4 is 57.8 Å². The van der Waals surface area contributed by atoms with E-state index in [-0.39, 0.29) is 6.03 Å². The molecule has 9 heteroatoms. The number of carbonyl (C=O) groups is 1. The van der Waals surface area contributed by atoms with Crippen LogP contribution in [0.2, 0.25) is 15.2 Å². The normalized spacial score (nSPS) is 13.6. The van der Waals surface area contributed by atoms with Crippen molar-refractivity contribution < 1.29 is 4.79 Å². The summed E-state index contributed by atoms with van der Waals surface area (Å²) in [6.45, 7) is 2.56. The molecule has 0 aliphatic carbocycles. The summed E-state index contributed by atoms with van der Waals surface area (Å²) in [6, 6.07) is 16.5. The van der Waals surface area contributed by atoms with Gasteiger partial charge in [-0.25, -0.2) is 9.78 Å². The van der Waals surface area contributed by atoms with Gasteiger partial charge in [0.05, 0.1) is 27.2 Å². The molecule has 3 heterocycles. The Morgan fingerprint density at radius 3 is 2.65 bits per heavy atom. The Morgan fingerprint density at radius 1 is 1.11 bits per heavy atom. The summed E-state index contributed by atoms with van der Waals surface area (Å²) >= 11 is 18.7. The molecule has 1 aliphatic heterocycles. The third kappa shape index (κ3) is 5.51. The predicted octanol–water partition coefficient (Wildman–Crippen LogP) is 6.70. The monoisotopic (exact) mass is 549 g/mol. The summed E-state index contributed by atoms with van der Waals surface area (Å²) in [7, 11) is 0. The molecule has 0 radical (unpaired) electrons. The molecule has 2 aromatic heterocycles. The Morgan fingerprint density at radius 2 is 1.89 bits per heavy atom. The highest BCUT2D eigenvalue weighted by Crippen LogP contribution is 2.36. The number of hydrogen-bond acceptors (Lipinski definition) is 4. The van der Waals surface area contributed by atoms with Crippen LogP contribution in [0.3, 0.4) is 0 Å². The van der Waals surface area contributed by atoms with Gasteiger partial charge in [0.25, 0.3) is 0 Å². The minimum Gasteiger partial charge on any atom is -0.333 e. The Kier molecular flexibility index (Phi) is 7.50. The first-order valence-corrected chi connectivity index (χ1v) is 12.8. The van der Waals surface area contributed by atoms with E-state index in [1.54, 1.807) is 22.9 Å². The highest BCUT2D eigenvalue weighted by molar-refractivity contribution is 6.42. The molecule has 0 saturated heterocycles. The number of fused-ring (bicyclic) bond motifs is 3. The predicted molar refractivity (Wildman–Crippen MR) is 148 cm³/mol. The topological polar surface area (TPSA) is 74.0 Å². The van der Waals surface area contributed by atoms with Crippen LogP contribution in [0.25, 0.3) is 17.0 Å². The highest BCUT2D eigenvalue weighted by Gasteiger charge is 2.27. The molecule has 0 unspecified atom stereocenters. The number of aromatic nitrogens is 2. The van der Waals surface area contributed by atoms with E-state index in [4.69, 9.17) is 40.1 Å². The van der Waals surface area contributed by atoms with E-state index in [0.717, 1.165) is 46.4 Å². The van der Waals surface area contributed by atoms with Crippen LogP contribution in [-0.4, -0.2) is 33.6 Å². The quantitative estimate of drug-likeness (QED) is 0.281. The molecule has 4 aromatic rings. The Labute approximate surface area is 229 Å². The van der Waals surface area contributed by atoms with Crippen molar-refractivity contribution in [3.05, 3.63) is 104 Å². The lowest BCUT2D eigenvalue weighted by molar-refractivity contribution is 0.240. The Balaban J connectivity index is 1.38. The van der Waals surface area contributed by atoms with Crippen molar-refractivity contribution in [3.8, 4) is 6.07 Å². The zero-order valence-electron chi connectivity index (χ0n) is 19.7. The van der Waals surface area contributed by atoms with E-state index in [1.165, 1.54) is 0 Å². The number of hydrogen-bond donors (Lipinski definition) is 1. The second-order valence-corrected chi connectivity index (χ2v) is 10.0. The number of pyridine rings is 1. The lowest BCUT2D eigenvalue weighted by Crippen LogP contribution is -2.34. The number of nitriles is 1. The first-order chi connectivity index (χ1) is 17.9. The fraction of sp³-hybridized carbons (Fsp3) is 0.179. The van der Waals surface area contributed by atoms with Crippen LogP contribution in [-0.2, 0) is 19.5 Å². The van der Waals surface area contributed by atoms with Gasteiger partial charge < -0.3 is 5.32 Å². The summed E-state index contributed by atoms with van der Waals surface area (Å²) in [4.78, 5) is 19.7. The number of amides is 1. The van der Waals surface area contributed by atoms with Crippen LogP contribution < -0.4 is 5.32 Å². The first kappa shape index (κ1) is 25.3. The van der Waals surface area contributed by atoms with Gasteiger partial charge in [0.1, 0.15) is 5.15 Å². The van der Waals surface area contributed by atoms with Crippen molar-refractivity contribution in [2.45, 2.75) is 19.5 Å². The van der Waals surface area contributed by atoms with Crippen molar-refractivity contribution in [3.63, 3.8) is 0 Å². The lowest BCUT2D eigenvalue weighted by Gasteiger charge is -2.27. The van der Waals surface area contributed by atoms with E-state index in [1.807, 2.05) is 36.4 Å². The lowest BCUT2D eigenvalue weighted by atomic mass is 10.0. The van der Waals surface area contributed by atoms with E-state index in [9.17, 15) is 4.79 Å². The van der Waals surface area contributed by atoms with Crippen molar-refractivity contribution in [2.75, 3.05) is 13.1 Å². The minimum absolute atomic E-state index is 0.230. The molecular formula is C28H22Cl3N5O. The second-order valence-electron chi connectivity index (χ2n) is 8.81. The summed E-state index contributed by atoms with van der Waals surface area (Å²) in [6.07, 6.45) is 6.48. The number of nitrogens with zero attached hydrogens (tertiary/aromatic N) is 4. The molecule has 0 fully saturated rings. The molecule has 37 heavy (non-hydrogen) atoms. The largest absolute Gasteiger partial charge is 0.333 e. The third-order valence-electron chi connectivity index (χ3n) is 6.42. The van der Waals surface area contributed by atoms with E-state index < -0.39 is 0 Å². The summed E-state index contributed by atoms with van der Waals surface area (Å²) in [5.74, 6) is 0. The van der Waals surface area contributed by atoms with E-state index in [0.29, 0.717) is 40.3 Å². The smallest absolute Gasteiger partial charge is 0.326 e. The van der Waals surface area contributed by atoms with Gasteiger partial charge in [-0.3, -0.25) is 9.47 Å². The van der Waals surface area contributed by atoms with Crippen LogP contribution in [0.5, 0.6) is 0 Å². The van der Waals surface area contributed by atoms with Gasteiger partial charge in [0, 0.05) is 49.9 Å². The molecule has 186 valence electrons. The van der Waals surface area contributed by atoms with Gasteiger partial charge >= 0.3 is 6.03 Å². The van der Waals surface area contributed by atoms with Gasteiger partial charge in [0.15, 0.2) is 0 Å². The number of rotatable bonds is 5. The molecule has 5 rings (SSSR count). The van der Waals surface area contributed by atoms with Gasteiger partial charge in [-0.2, -0.15) is 5.26 Å². The summed E-state index contributed by atoms with van der Waals surface area (Å²) in [5, 5.41) is 14.1. The number of benzene rings is 2. The molecule has 1 N–H and O–H groups in total. The fourth-order valence-corrected chi connectivity index (χ4v) is 5.13. The molecule has 1 aliphatic rings.